The number of amides is 2. The highest BCUT2D eigenvalue weighted by Gasteiger charge is 2.27. The summed E-state index contributed by atoms with van der Waals surface area (Å²) in [4.78, 5) is 32.5. The Kier molecular flexibility index (Phi) is 8.81. The van der Waals surface area contributed by atoms with Gasteiger partial charge in [-0.05, 0) is 42.7 Å². The van der Waals surface area contributed by atoms with Crippen molar-refractivity contribution in [2.24, 2.45) is 0 Å². The van der Waals surface area contributed by atoms with Crippen molar-refractivity contribution >= 4 is 17.5 Å². The first kappa shape index (κ1) is 27.3. The lowest BCUT2D eigenvalue weighted by Gasteiger charge is -2.31. The van der Waals surface area contributed by atoms with Crippen molar-refractivity contribution in [3.05, 3.63) is 71.1 Å². The third-order valence-corrected chi connectivity index (χ3v) is 6.76. The lowest BCUT2D eigenvalue weighted by molar-refractivity contribution is -0.151. The van der Waals surface area contributed by atoms with E-state index in [2.05, 4.69) is 41.6 Å². The Balaban J connectivity index is 1.40. The van der Waals surface area contributed by atoms with Crippen LogP contribution in [-0.2, 0) is 22.7 Å². The molecule has 0 saturated carbocycles. The average Bonchev–Trinajstić information content (AvgIpc) is 3.53. The van der Waals surface area contributed by atoms with Crippen molar-refractivity contribution < 1.29 is 14.0 Å². The van der Waals surface area contributed by atoms with E-state index in [1.54, 1.807) is 23.2 Å². The highest BCUT2D eigenvalue weighted by molar-refractivity contribution is 5.87. The molecule has 0 radical (unpaired) electrons. The predicted octanol–water partition coefficient (Wildman–Crippen LogP) is 3.59. The Morgan fingerprint density at radius 2 is 1.79 bits per heavy atom. The maximum absolute atomic E-state index is 13.3. The van der Waals surface area contributed by atoms with Crippen molar-refractivity contribution in [1.82, 2.24) is 25.2 Å². The zero-order valence-corrected chi connectivity index (χ0v) is 23.0. The molecule has 1 aliphatic rings. The fourth-order valence-corrected chi connectivity index (χ4v) is 4.45. The molecule has 9 nitrogen and oxygen atoms in total. The van der Waals surface area contributed by atoms with Crippen LogP contribution in [0.25, 0.3) is 11.5 Å². The van der Waals surface area contributed by atoms with Crippen LogP contribution in [0.3, 0.4) is 0 Å². The van der Waals surface area contributed by atoms with Crippen LogP contribution >= 0.6 is 0 Å². The molecule has 0 bridgehead atoms. The first-order valence-corrected chi connectivity index (χ1v) is 13.1. The smallest absolute Gasteiger partial charge is 0.256 e. The van der Waals surface area contributed by atoms with Crippen LogP contribution < -0.4 is 10.6 Å². The Morgan fingerprint density at radius 1 is 1.08 bits per heavy atom. The van der Waals surface area contributed by atoms with E-state index in [1.807, 2.05) is 49.2 Å². The summed E-state index contributed by atoms with van der Waals surface area (Å²) in [6, 6.07) is 14.4. The summed E-state index contributed by atoms with van der Waals surface area (Å²) in [5.41, 5.74) is 5.11. The van der Waals surface area contributed by atoms with E-state index in [9.17, 15) is 9.59 Å². The fourth-order valence-electron chi connectivity index (χ4n) is 4.45. The Morgan fingerprint density at radius 3 is 2.42 bits per heavy atom. The minimum atomic E-state index is -0.140. The van der Waals surface area contributed by atoms with E-state index in [1.165, 1.54) is 11.1 Å². The molecule has 2 amide bonds. The van der Waals surface area contributed by atoms with Gasteiger partial charge in [-0.3, -0.25) is 14.6 Å². The van der Waals surface area contributed by atoms with Gasteiger partial charge in [-0.25, -0.2) is 9.99 Å². The number of hydrazine groups is 1. The minimum Gasteiger partial charge on any atom is -0.441 e. The number of fused-ring (bicyclic) bond motifs is 1. The number of aromatic nitrogens is 1. The van der Waals surface area contributed by atoms with Gasteiger partial charge in [0.25, 0.3) is 5.91 Å². The molecular formula is C29H38N6O3. The summed E-state index contributed by atoms with van der Waals surface area (Å²) < 4.78 is 5.65. The van der Waals surface area contributed by atoms with Gasteiger partial charge >= 0.3 is 0 Å². The number of carbonyl (C=O) groups excluding carboxylic acids is 2. The van der Waals surface area contributed by atoms with E-state index < -0.39 is 0 Å². The highest BCUT2D eigenvalue weighted by Crippen LogP contribution is 2.25. The quantitative estimate of drug-likeness (QED) is 0.401. The molecule has 0 atom stereocenters. The van der Waals surface area contributed by atoms with Crippen LogP contribution in [0.15, 0.2) is 53.1 Å². The number of anilines is 1. The number of rotatable bonds is 11. The first-order valence-electron chi connectivity index (χ1n) is 13.1. The molecule has 2 N–H and O–H groups in total. The molecule has 202 valence electrons. The van der Waals surface area contributed by atoms with Crippen molar-refractivity contribution in [3.63, 3.8) is 0 Å². The minimum absolute atomic E-state index is 0.0122. The molecule has 38 heavy (non-hydrogen) atoms. The number of nitrogens with zero attached hydrogens (tertiary/aromatic N) is 4. The zero-order valence-electron chi connectivity index (χ0n) is 23.0. The maximum atomic E-state index is 13.3. The van der Waals surface area contributed by atoms with Gasteiger partial charge in [0.2, 0.25) is 11.8 Å². The van der Waals surface area contributed by atoms with Gasteiger partial charge in [0, 0.05) is 50.5 Å². The lowest BCUT2D eigenvalue weighted by Crippen LogP contribution is -2.49. The number of hydrogen-bond donors (Lipinski definition) is 2. The molecule has 2 heterocycles. The van der Waals surface area contributed by atoms with Crippen LogP contribution in [0.4, 0.5) is 5.69 Å². The van der Waals surface area contributed by atoms with Crippen molar-refractivity contribution in [1.29, 1.82) is 0 Å². The molecule has 9 heteroatoms. The molecule has 1 aliphatic heterocycles. The molecule has 0 fully saturated rings. The molecule has 3 aromatic rings. The SMILES string of the molecule is Cc1cnc(-c2ccc(C)c(NCC(=O)N(CCNC(C)C)CC(=O)N(C)N3Cc4ccccc4C3)c2)o1. The standard InChI is InChI=1S/C29H38N6O3/c1-20(2)30-12-13-34(19-28(37)33(5)35-17-24-8-6-7-9-25(24)18-35)27(36)16-31-26-14-23(11-10-21(26)3)29-32-15-22(4)38-29/h6-11,14-15,20,30-31H,12-13,16-19H2,1-5H3. The third-order valence-electron chi connectivity index (χ3n) is 6.76. The van der Waals surface area contributed by atoms with E-state index in [-0.39, 0.29) is 30.9 Å². The van der Waals surface area contributed by atoms with Crippen LogP contribution in [0.5, 0.6) is 0 Å². The molecule has 4 rings (SSSR count). The van der Waals surface area contributed by atoms with E-state index in [4.69, 9.17) is 4.42 Å². The predicted molar refractivity (Wildman–Crippen MR) is 148 cm³/mol. The van der Waals surface area contributed by atoms with Gasteiger partial charge in [-0.15, -0.1) is 0 Å². The summed E-state index contributed by atoms with van der Waals surface area (Å²) in [7, 11) is 1.78. The third kappa shape index (κ3) is 6.79. The molecule has 1 aromatic heterocycles. The number of carbonyl (C=O) groups is 2. The van der Waals surface area contributed by atoms with E-state index in [0.29, 0.717) is 32.1 Å². The van der Waals surface area contributed by atoms with E-state index in [0.717, 1.165) is 22.6 Å². The highest BCUT2D eigenvalue weighted by atomic mass is 16.4. The number of benzene rings is 2. The van der Waals surface area contributed by atoms with Gasteiger partial charge in [-0.1, -0.05) is 44.2 Å². The van der Waals surface area contributed by atoms with Crippen LogP contribution in [-0.4, -0.2) is 71.0 Å². The van der Waals surface area contributed by atoms with Crippen molar-refractivity contribution in [2.75, 3.05) is 38.5 Å². The Hall–Kier alpha value is -3.69. The molecule has 0 unspecified atom stereocenters. The number of nitrogens with one attached hydrogen (secondary N) is 2. The normalized spacial score (nSPS) is 13.0. The maximum Gasteiger partial charge on any atom is 0.256 e. The van der Waals surface area contributed by atoms with Gasteiger partial charge in [0.15, 0.2) is 0 Å². The number of oxazole rings is 1. The van der Waals surface area contributed by atoms with Gasteiger partial charge < -0.3 is 20.0 Å². The lowest BCUT2D eigenvalue weighted by atomic mass is 10.1. The zero-order chi connectivity index (χ0) is 27.2. The fraction of sp³-hybridized carbons (Fsp3) is 0.414. The van der Waals surface area contributed by atoms with Crippen LogP contribution in [0.1, 0.15) is 36.3 Å². The summed E-state index contributed by atoms with van der Waals surface area (Å²) in [6.45, 7) is 10.4. The van der Waals surface area contributed by atoms with E-state index >= 15 is 0 Å². The summed E-state index contributed by atoms with van der Waals surface area (Å²) >= 11 is 0. The van der Waals surface area contributed by atoms with Crippen LogP contribution in [0, 0.1) is 13.8 Å². The summed E-state index contributed by atoms with van der Waals surface area (Å²) in [5.74, 6) is 1.02. The molecular weight excluding hydrogens is 480 g/mol. The van der Waals surface area contributed by atoms with Crippen molar-refractivity contribution in [3.8, 4) is 11.5 Å². The molecule has 0 spiro atoms. The second kappa shape index (κ2) is 12.2. The monoisotopic (exact) mass is 518 g/mol. The second-order valence-electron chi connectivity index (χ2n) is 10.1. The largest absolute Gasteiger partial charge is 0.441 e. The van der Waals surface area contributed by atoms with Gasteiger partial charge in [0.05, 0.1) is 12.7 Å². The number of aryl methyl sites for hydroxylation is 2. The first-order chi connectivity index (χ1) is 18.2. The molecule has 0 aliphatic carbocycles. The number of likely N-dealkylation sites (N-methyl/N-ethyl adjacent to an activating group) is 1. The van der Waals surface area contributed by atoms with Gasteiger partial charge in [-0.2, -0.15) is 0 Å². The van der Waals surface area contributed by atoms with Gasteiger partial charge in [0.1, 0.15) is 12.3 Å². The van der Waals surface area contributed by atoms with Crippen molar-refractivity contribution in [2.45, 2.75) is 46.8 Å². The Bertz CT molecular complexity index is 1250. The second-order valence-corrected chi connectivity index (χ2v) is 10.1. The van der Waals surface area contributed by atoms with Crippen LogP contribution in [0.2, 0.25) is 0 Å². The number of hydrogen-bond acceptors (Lipinski definition) is 7. The topological polar surface area (TPSA) is 94.0 Å². The summed E-state index contributed by atoms with van der Waals surface area (Å²) in [6.07, 6.45) is 1.68. The average molecular weight is 519 g/mol. The summed E-state index contributed by atoms with van der Waals surface area (Å²) in [5, 5.41) is 10.3. The Labute approximate surface area is 224 Å². The molecule has 2 aromatic carbocycles. The molecule has 0 saturated heterocycles.